The summed E-state index contributed by atoms with van der Waals surface area (Å²) in [5.41, 5.74) is 5.14. The molecule has 130 valence electrons. The number of likely N-dealkylation sites (N-methyl/N-ethyl adjacent to an activating group) is 1. The van der Waals surface area contributed by atoms with Crippen molar-refractivity contribution in [2.45, 2.75) is 26.4 Å². The lowest BCUT2D eigenvalue weighted by molar-refractivity contribution is -0.125. The first-order valence-corrected chi connectivity index (χ1v) is 8.40. The van der Waals surface area contributed by atoms with E-state index in [1.165, 1.54) is 0 Å². The van der Waals surface area contributed by atoms with Crippen molar-refractivity contribution in [2.75, 3.05) is 14.1 Å². The van der Waals surface area contributed by atoms with E-state index in [9.17, 15) is 4.79 Å². The molecule has 1 amide bonds. The van der Waals surface area contributed by atoms with Gasteiger partial charge in [-0.1, -0.05) is 35.9 Å². The molecule has 3 aromatic rings. The number of hydrogen-bond donors (Lipinski definition) is 2. The first-order chi connectivity index (χ1) is 11.9. The van der Waals surface area contributed by atoms with Gasteiger partial charge >= 0.3 is 0 Å². The second-order valence-electron chi connectivity index (χ2n) is 6.67. The summed E-state index contributed by atoms with van der Waals surface area (Å²) >= 11 is 0. The average Bonchev–Trinajstić information content (AvgIpc) is 2.92. The molecule has 0 aliphatic rings. The number of nitrogens with one attached hydrogen (secondary N) is 2. The van der Waals surface area contributed by atoms with Crippen LogP contribution in [0.15, 0.2) is 42.5 Å². The van der Waals surface area contributed by atoms with Gasteiger partial charge in [-0.15, -0.1) is 0 Å². The Labute approximate surface area is 148 Å². The maximum absolute atomic E-state index is 12.8. The van der Waals surface area contributed by atoms with E-state index >= 15 is 0 Å². The van der Waals surface area contributed by atoms with Crippen molar-refractivity contribution in [3.63, 3.8) is 0 Å². The number of aromatic nitrogens is 2. The van der Waals surface area contributed by atoms with Crippen LogP contribution in [0.1, 0.15) is 28.6 Å². The Morgan fingerprint density at radius 2 is 2.00 bits per heavy atom. The highest BCUT2D eigenvalue weighted by Gasteiger charge is 2.22. The minimum Gasteiger partial charge on any atom is -0.350 e. The molecule has 0 radical (unpaired) electrons. The lowest BCUT2D eigenvalue weighted by Crippen LogP contribution is -2.36. The Kier molecular flexibility index (Phi) is 4.86. The van der Waals surface area contributed by atoms with Gasteiger partial charge in [0.25, 0.3) is 0 Å². The Morgan fingerprint density at radius 3 is 2.72 bits per heavy atom. The van der Waals surface area contributed by atoms with E-state index in [1.807, 2.05) is 69.2 Å². The molecule has 5 nitrogen and oxygen atoms in total. The predicted octanol–water partition coefficient (Wildman–Crippen LogP) is 3.10. The molecule has 1 aromatic heterocycles. The van der Waals surface area contributed by atoms with Gasteiger partial charge < -0.3 is 10.3 Å². The largest absolute Gasteiger partial charge is 0.350 e. The zero-order chi connectivity index (χ0) is 18.0. The van der Waals surface area contributed by atoms with Crippen molar-refractivity contribution in [2.24, 2.45) is 0 Å². The summed E-state index contributed by atoms with van der Waals surface area (Å²) in [7, 11) is 3.85. The number of aryl methyl sites for hydroxylation is 2. The average molecular weight is 336 g/mol. The molecule has 2 aromatic carbocycles. The van der Waals surface area contributed by atoms with Gasteiger partial charge in [-0.25, -0.2) is 4.98 Å². The highest BCUT2D eigenvalue weighted by molar-refractivity contribution is 5.83. The van der Waals surface area contributed by atoms with Crippen molar-refractivity contribution >= 4 is 16.9 Å². The highest BCUT2D eigenvalue weighted by atomic mass is 16.2. The van der Waals surface area contributed by atoms with E-state index in [-0.39, 0.29) is 11.9 Å². The summed E-state index contributed by atoms with van der Waals surface area (Å²) in [5.74, 6) is 0.889. The third kappa shape index (κ3) is 3.88. The Balaban J connectivity index is 1.74. The molecule has 0 aliphatic heterocycles. The molecule has 0 fully saturated rings. The Bertz CT molecular complexity index is 898. The summed E-state index contributed by atoms with van der Waals surface area (Å²) in [6, 6.07) is 13.8. The molecule has 0 saturated heterocycles. The topological polar surface area (TPSA) is 61.0 Å². The molecule has 0 unspecified atom stereocenters. The first-order valence-electron chi connectivity index (χ1n) is 8.40. The molecule has 0 bridgehead atoms. The molecule has 1 heterocycles. The molecule has 0 spiro atoms. The highest BCUT2D eigenvalue weighted by Crippen LogP contribution is 2.20. The number of rotatable bonds is 5. The molecule has 3 rings (SSSR count). The van der Waals surface area contributed by atoms with Gasteiger partial charge in [0.1, 0.15) is 11.9 Å². The van der Waals surface area contributed by atoms with E-state index in [1.54, 1.807) is 0 Å². The summed E-state index contributed by atoms with van der Waals surface area (Å²) in [5, 5.41) is 3.05. The molecule has 0 aliphatic carbocycles. The van der Waals surface area contributed by atoms with Crippen LogP contribution in [-0.4, -0.2) is 34.9 Å². The van der Waals surface area contributed by atoms with Gasteiger partial charge in [-0.3, -0.25) is 9.69 Å². The summed E-state index contributed by atoms with van der Waals surface area (Å²) in [6.45, 7) is 4.46. The second kappa shape index (κ2) is 7.07. The van der Waals surface area contributed by atoms with E-state index < -0.39 is 0 Å². The van der Waals surface area contributed by atoms with Crippen LogP contribution >= 0.6 is 0 Å². The zero-order valence-electron chi connectivity index (χ0n) is 15.1. The van der Waals surface area contributed by atoms with E-state index in [2.05, 4.69) is 21.4 Å². The predicted molar refractivity (Wildman–Crippen MR) is 100 cm³/mol. The molecule has 5 heteroatoms. The van der Waals surface area contributed by atoms with Gasteiger partial charge in [-0.2, -0.15) is 0 Å². The number of H-pyrrole nitrogens is 1. The van der Waals surface area contributed by atoms with Crippen LogP contribution in [0, 0.1) is 13.8 Å². The minimum atomic E-state index is -0.307. The lowest BCUT2D eigenvalue weighted by Gasteiger charge is -2.24. The standard InChI is InChI=1S/C20H24N4O/c1-13-6-5-7-16(10-13)19(24(3)4)20(25)21-12-15-8-9-17-18(11-15)23-14(2)22-17/h5-11,19H,12H2,1-4H3,(H,21,25)(H,22,23)/t19-/m0/s1. The summed E-state index contributed by atoms with van der Waals surface area (Å²) < 4.78 is 0. The molecule has 0 saturated carbocycles. The third-order valence-electron chi connectivity index (χ3n) is 4.25. The van der Waals surface area contributed by atoms with E-state index in [0.717, 1.165) is 33.5 Å². The normalized spacial score (nSPS) is 12.5. The lowest BCUT2D eigenvalue weighted by atomic mass is 10.0. The van der Waals surface area contributed by atoms with Crippen LogP contribution in [0.3, 0.4) is 0 Å². The van der Waals surface area contributed by atoms with Gasteiger partial charge in [-0.05, 0) is 51.2 Å². The number of benzene rings is 2. The molecular formula is C20H24N4O. The van der Waals surface area contributed by atoms with Crippen molar-refractivity contribution in [3.05, 3.63) is 65.0 Å². The van der Waals surface area contributed by atoms with Crippen LogP contribution in [0.25, 0.3) is 11.0 Å². The van der Waals surface area contributed by atoms with Crippen molar-refractivity contribution in [1.82, 2.24) is 20.2 Å². The fraction of sp³-hybridized carbons (Fsp3) is 0.300. The maximum atomic E-state index is 12.8. The Morgan fingerprint density at radius 1 is 1.20 bits per heavy atom. The molecule has 25 heavy (non-hydrogen) atoms. The fourth-order valence-electron chi connectivity index (χ4n) is 3.10. The van der Waals surface area contributed by atoms with Crippen LogP contribution in [0.2, 0.25) is 0 Å². The van der Waals surface area contributed by atoms with Crippen molar-refractivity contribution < 1.29 is 4.79 Å². The third-order valence-corrected chi connectivity index (χ3v) is 4.25. The summed E-state index contributed by atoms with van der Waals surface area (Å²) in [4.78, 5) is 22.3. The van der Waals surface area contributed by atoms with Gasteiger partial charge in [0.15, 0.2) is 0 Å². The summed E-state index contributed by atoms with van der Waals surface area (Å²) in [6.07, 6.45) is 0. The number of imidazole rings is 1. The molecule has 1 atom stereocenters. The SMILES string of the molecule is Cc1cccc([C@@H](C(=O)NCc2ccc3nc(C)[nH]c3c2)N(C)C)c1. The number of aromatic amines is 1. The van der Waals surface area contributed by atoms with Crippen LogP contribution < -0.4 is 5.32 Å². The molecular weight excluding hydrogens is 312 g/mol. The minimum absolute atomic E-state index is 0.00325. The molecule has 2 N–H and O–H groups in total. The van der Waals surface area contributed by atoms with Gasteiger partial charge in [0.05, 0.1) is 11.0 Å². The van der Waals surface area contributed by atoms with Crippen molar-refractivity contribution in [3.8, 4) is 0 Å². The number of carbonyl (C=O) groups excluding carboxylic acids is 1. The number of fused-ring (bicyclic) bond motifs is 1. The van der Waals surface area contributed by atoms with E-state index in [0.29, 0.717) is 6.54 Å². The fourth-order valence-corrected chi connectivity index (χ4v) is 3.10. The second-order valence-corrected chi connectivity index (χ2v) is 6.67. The quantitative estimate of drug-likeness (QED) is 0.753. The van der Waals surface area contributed by atoms with Crippen LogP contribution in [-0.2, 0) is 11.3 Å². The zero-order valence-corrected chi connectivity index (χ0v) is 15.1. The van der Waals surface area contributed by atoms with Gasteiger partial charge in [0, 0.05) is 6.54 Å². The first kappa shape index (κ1) is 17.2. The van der Waals surface area contributed by atoms with Gasteiger partial charge in [0.2, 0.25) is 5.91 Å². The number of nitrogens with zero attached hydrogens (tertiary/aromatic N) is 2. The smallest absolute Gasteiger partial charge is 0.242 e. The maximum Gasteiger partial charge on any atom is 0.242 e. The van der Waals surface area contributed by atoms with Crippen LogP contribution in [0.4, 0.5) is 0 Å². The number of carbonyl (C=O) groups is 1. The van der Waals surface area contributed by atoms with Crippen LogP contribution in [0.5, 0.6) is 0 Å². The number of amides is 1. The van der Waals surface area contributed by atoms with Crippen molar-refractivity contribution in [1.29, 1.82) is 0 Å². The number of hydrogen-bond acceptors (Lipinski definition) is 3. The van der Waals surface area contributed by atoms with E-state index in [4.69, 9.17) is 0 Å². The monoisotopic (exact) mass is 336 g/mol. The Hall–Kier alpha value is -2.66.